The molecule has 2 fully saturated rings. The molecule has 4 heterocycles. The molecule has 2 aromatic heterocycles. The van der Waals surface area contributed by atoms with Gasteiger partial charge >= 0.3 is 0 Å². The maximum absolute atomic E-state index is 13.1. The summed E-state index contributed by atoms with van der Waals surface area (Å²) in [7, 11) is 1.57. The molecule has 148 valence electrons. The average Bonchev–Trinajstić information content (AvgIpc) is 2.74. The van der Waals surface area contributed by atoms with Gasteiger partial charge in [0.15, 0.2) is 0 Å². The Bertz CT molecular complexity index is 809. The summed E-state index contributed by atoms with van der Waals surface area (Å²) in [6.07, 6.45) is 8.37. The zero-order valence-corrected chi connectivity index (χ0v) is 16.5. The Hall–Kier alpha value is -2.47. The monoisotopic (exact) mass is 380 g/mol. The SMILES string of the molecule is COc1cccc(C(=O)N2CCCC3(CCCN(Cc4cccnc4)C3)C2)n1. The van der Waals surface area contributed by atoms with Crippen molar-refractivity contribution in [2.75, 3.05) is 33.3 Å². The first kappa shape index (κ1) is 18.9. The van der Waals surface area contributed by atoms with Gasteiger partial charge in [0.2, 0.25) is 5.88 Å². The lowest BCUT2D eigenvalue weighted by Gasteiger charge is -2.48. The third-order valence-electron chi connectivity index (χ3n) is 5.97. The van der Waals surface area contributed by atoms with Crippen LogP contribution in [0.15, 0.2) is 42.7 Å². The van der Waals surface area contributed by atoms with E-state index >= 15 is 0 Å². The molecule has 0 aliphatic carbocycles. The van der Waals surface area contributed by atoms with Crippen molar-refractivity contribution < 1.29 is 9.53 Å². The highest BCUT2D eigenvalue weighted by Crippen LogP contribution is 2.39. The molecule has 1 amide bonds. The van der Waals surface area contributed by atoms with Crippen molar-refractivity contribution in [3.05, 3.63) is 54.0 Å². The Kier molecular flexibility index (Phi) is 5.57. The number of amides is 1. The van der Waals surface area contributed by atoms with Crippen LogP contribution in [0.3, 0.4) is 0 Å². The molecule has 2 aliphatic heterocycles. The molecule has 0 radical (unpaired) electrons. The molecule has 1 unspecified atom stereocenters. The van der Waals surface area contributed by atoms with Gasteiger partial charge in [0.25, 0.3) is 5.91 Å². The van der Waals surface area contributed by atoms with Gasteiger partial charge in [-0.2, -0.15) is 0 Å². The standard InChI is InChI=1S/C22H28N4O2/c1-28-20-8-2-7-19(24-20)21(27)26-13-5-10-22(17-26)9-4-12-25(16-22)15-18-6-3-11-23-14-18/h2-3,6-8,11,14H,4-5,9-10,12-13,15-17H2,1H3. The van der Waals surface area contributed by atoms with Crippen molar-refractivity contribution in [1.29, 1.82) is 0 Å². The van der Waals surface area contributed by atoms with Crippen LogP contribution in [0.4, 0.5) is 0 Å². The van der Waals surface area contributed by atoms with Crippen LogP contribution in [-0.4, -0.2) is 59.0 Å². The van der Waals surface area contributed by atoms with Crippen LogP contribution in [0.5, 0.6) is 5.88 Å². The normalized spacial score (nSPS) is 23.0. The van der Waals surface area contributed by atoms with Crippen LogP contribution in [0.2, 0.25) is 0 Å². The minimum Gasteiger partial charge on any atom is -0.481 e. The number of nitrogens with zero attached hydrogens (tertiary/aromatic N) is 4. The molecule has 0 bridgehead atoms. The predicted molar refractivity (Wildman–Crippen MR) is 107 cm³/mol. The number of carbonyl (C=O) groups excluding carboxylic acids is 1. The maximum Gasteiger partial charge on any atom is 0.272 e. The third kappa shape index (κ3) is 4.17. The molecular weight excluding hydrogens is 352 g/mol. The number of carbonyl (C=O) groups is 1. The highest BCUT2D eigenvalue weighted by Gasteiger charge is 2.40. The summed E-state index contributed by atoms with van der Waals surface area (Å²) in [4.78, 5) is 26.2. The van der Waals surface area contributed by atoms with Crippen molar-refractivity contribution in [2.24, 2.45) is 5.41 Å². The molecule has 6 nitrogen and oxygen atoms in total. The van der Waals surface area contributed by atoms with E-state index < -0.39 is 0 Å². The highest BCUT2D eigenvalue weighted by atomic mass is 16.5. The van der Waals surface area contributed by atoms with E-state index in [1.165, 1.54) is 24.8 Å². The van der Waals surface area contributed by atoms with E-state index in [0.717, 1.165) is 39.1 Å². The first-order valence-corrected chi connectivity index (χ1v) is 10.1. The Morgan fingerprint density at radius 3 is 2.79 bits per heavy atom. The molecule has 0 saturated carbocycles. The van der Waals surface area contributed by atoms with Crippen LogP contribution in [0.25, 0.3) is 0 Å². The molecule has 2 aromatic rings. The fourth-order valence-electron chi connectivity index (χ4n) is 4.72. The molecule has 1 atom stereocenters. The number of hydrogen-bond acceptors (Lipinski definition) is 5. The van der Waals surface area contributed by atoms with Crippen LogP contribution in [-0.2, 0) is 6.54 Å². The summed E-state index contributed by atoms with van der Waals surface area (Å²) >= 11 is 0. The van der Waals surface area contributed by atoms with E-state index in [1.54, 1.807) is 19.2 Å². The summed E-state index contributed by atoms with van der Waals surface area (Å²) in [6, 6.07) is 9.51. The minimum atomic E-state index is 0.0161. The maximum atomic E-state index is 13.1. The van der Waals surface area contributed by atoms with Gasteiger partial charge in [-0.3, -0.25) is 14.7 Å². The third-order valence-corrected chi connectivity index (χ3v) is 5.97. The van der Waals surface area contributed by atoms with Crippen LogP contribution < -0.4 is 4.74 Å². The van der Waals surface area contributed by atoms with E-state index in [2.05, 4.69) is 20.9 Å². The quantitative estimate of drug-likeness (QED) is 0.816. The average molecular weight is 380 g/mol. The van der Waals surface area contributed by atoms with Gasteiger partial charge in [-0.05, 0) is 49.9 Å². The number of methoxy groups -OCH3 is 1. The number of hydrogen-bond donors (Lipinski definition) is 0. The number of aromatic nitrogens is 2. The van der Waals surface area contributed by atoms with Crippen molar-refractivity contribution in [1.82, 2.24) is 19.8 Å². The zero-order chi connectivity index (χ0) is 19.4. The van der Waals surface area contributed by atoms with Crippen molar-refractivity contribution in [2.45, 2.75) is 32.2 Å². The lowest BCUT2D eigenvalue weighted by Crippen LogP contribution is -2.53. The Morgan fingerprint density at radius 1 is 1.14 bits per heavy atom. The van der Waals surface area contributed by atoms with Crippen molar-refractivity contribution in [3.8, 4) is 5.88 Å². The largest absolute Gasteiger partial charge is 0.481 e. The second-order valence-corrected chi connectivity index (χ2v) is 8.07. The molecule has 1 spiro atoms. The molecule has 0 aromatic carbocycles. The fourth-order valence-corrected chi connectivity index (χ4v) is 4.72. The molecule has 2 saturated heterocycles. The number of piperidine rings is 2. The molecule has 2 aliphatic rings. The van der Waals surface area contributed by atoms with Crippen molar-refractivity contribution >= 4 is 5.91 Å². The number of pyridine rings is 2. The molecule has 6 heteroatoms. The number of likely N-dealkylation sites (tertiary alicyclic amines) is 2. The molecule has 28 heavy (non-hydrogen) atoms. The predicted octanol–water partition coefficient (Wildman–Crippen LogP) is 3.00. The summed E-state index contributed by atoms with van der Waals surface area (Å²) < 4.78 is 5.18. The summed E-state index contributed by atoms with van der Waals surface area (Å²) in [6.45, 7) is 4.70. The van der Waals surface area contributed by atoms with Gasteiger partial charge in [0.05, 0.1) is 7.11 Å². The Labute approximate surface area is 166 Å². The van der Waals surface area contributed by atoms with Crippen LogP contribution >= 0.6 is 0 Å². The topological polar surface area (TPSA) is 58.6 Å². The lowest BCUT2D eigenvalue weighted by molar-refractivity contribution is 0.0110. The van der Waals surface area contributed by atoms with E-state index in [-0.39, 0.29) is 11.3 Å². The zero-order valence-electron chi connectivity index (χ0n) is 16.5. The Balaban J connectivity index is 1.45. The molecule has 0 N–H and O–H groups in total. The van der Waals surface area contributed by atoms with Gasteiger partial charge in [-0.15, -0.1) is 0 Å². The fraction of sp³-hybridized carbons (Fsp3) is 0.500. The van der Waals surface area contributed by atoms with E-state index in [1.807, 2.05) is 29.4 Å². The lowest BCUT2D eigenvalue weighted by atomic mass is 9.73. The second-order valence-electron chi connectivity index (χ2n) is 8.07. The molecular formula is C22H28N4O2. The van der Waals surface area contributed by atoms with Gasteiger partial charge in [-0.1, -0.05) is 12.1 Å². The van der Waals surface area contributed by atoms with Crippen molar-refractivity contribution in [3.63, 3.8) is 0 Å². The van der Waals surface area contributed by atoms with Crippen LogP contribution in [0, 0.1) is 5.41 Å². The van der Waals surface area contributed by atoms with Gasteiger partial charge < -0.3 is 9.64 Å². The smallest absolute Gasteiger partial charge is 0.272 e. The van der Waals surface area contributed by atoms with Gasteiger partial charge in [0, 0.05) is 50.1 Å². The number of rotatable bonds is 4. The Morgan fingerprint density at radius 2 is 2.00 bits per heavy atom. The van der Waals surface area contributed by atoms with E-state index in [9.17, 15) is 4.79 Å². The first-order chi connectivity index (χ1) is 13.7. The number of ether oxygens (including phenoxy) is 1. The minimum absolute atomic E-state index is 0.0161. The summed E-state index contributed by atoms with van der Waals surface area (Å²) in [5.74, 6) is 0.500. The second kappa shape index (κ2) is 8.27. The molecule has 4 rings (SSSR count). The van der Waals surface area contributed by atoms with Crippen LogP contribution in [0.1, 0.15) is 41.7 Å². The van der Waals surface area contributed by atoms with Gasteiger partial charge in [0.1, 0.15) is 5.69 Å². The summed E-state index contributed by atoms with van der Waals surface area (Å²) in [5.41, 5.74) is 1.91. The van der Waals surface area contributed by atoms with E-state index in [0.29, 0.717) is 11.6 Å². The first-order valence-electron chi connectivity index (χ1n) is 10.1. The highest BCUT2D eigenvalue weighted by molar-refractivity contribution is 5.92. The van der Waals surface area contributed by atoms with E-state index in [4.69, 9.17) is 4.74 Å². The summed E-state index contributed by atoms with van der Waals surface area (Å²) in [5, 5.41) is 0. The van der Waals surface area contributed by atoms with Gasteiger partial charge in [-0.25, -0.2) is 4.98 Å².